The average molecular weight is 505 g/mol. The lowest BCUT2D eigenvalue weighted by atomic mass is 10.1. The van der Waals surface area contributed by atoms with Crippen molar-refractivity contribution in [2.45, 2.75) is 13.8 Å². The first kappa shape index (κ1) is 25.6. The molecule has 2 aromatic carbocycles. The van der Waals surface area contributed by atoms with E-state index in [-0.39, 0.29) is 16.9 Å². The van der Waals surface area contributed by atoms with E-state index in [2.05, 4.69) is 15.5 Å². The number of carbonyl (C=O) groups is 2. The average Bonchev–Trinajstić information content (AvgIpc) is 2.83. The lowest BCUT2D eigenvalue weighted by Crippen LogP contribution is -2.50. The molecule has 1 aliphatic heterocycles. The summed E-state index contributed by atoms with van der Waals surface area (Å²) in [6, 6.07) is 10.4. The Bertz CT molecular complexity index is 1050. The van der Waals surface area contributed by atoms with E-state index in [0.29, 0.717) is 54.0 Å². The molecule has 0 saturated carbocycles. The molecule has 0 aliphatic carbocycles. The monoisotopic (exact) mass is 504 g/mol. The zero-order chi connectivity index (χ0) is 24.8. The van der Waals surface area contributed by atoms with Crippen LogP contribution >= 0.6 is 23.8 Å². The third-order valence-corrected chi connectivity index (χ3v) is 5.98. The number of rotatable bonds is 6. The van der Waals surface area contributed by atoms with Crippen LogP contribution in [0, 0.1) is 5.92 Å². The molecule has 8 nitrogen and oxygen atoms in total. The van der Waals surface area contributed by atoms with E-state index in [9.17, 15) is 9.59 Å². The molecule has 3 rings (SSSR count). The molecule has 10 heteroatoms. The first-order chi connectivity index (χ1) is 16.2. The van der Waals surface area contributed by atoms with Crippen LogP contribution in [-0.4, -0.2) is 62.2 Å². The second-order valence-electron chi connectivity index (χ2n) is 8.14. The van der Waals surface area contributed by atoms with Gasteiger partial charge in [-0.15, -0.1) is 0 Å². The highest BCUT2D eigenvalue weighted by Crippen LogP contribution is 2.30. The fourth-order valence-electron chi connectivity index (χ4n) is 3.65. The summed E-state index contributed by atoms with van der Waals surface area (Å²) in [5.41, 5.74) is 1.89. The molecule has 0 radical (unpaired) electrons. The van der Waals surface area contributed by atoms with Crippen molar-refractivity contribution < 1.29 is 19.1 Å². The standard InChI is InChI=1S/C24H29ClN4O4S/c1-15(2)23(31)29-9-7-28(8-10-29)21-6-5-17(13-20(21)25)26-24(34)27-22(30)16-11-18(32-3)14-19(12-16)33-4/h5-6,11-15H,7-10H2,1-4H3,(H2,26,27,30,34). The topological polar surface area (TPSA) is 83.1 Å². The lowest BCUT2D eigenvalue weighted by molar-refractivity contribution is -0.134. The number of anilines is 2. The van der Waals surface area contributed by atoms with Gasteiger partial charge >= 0.3 is 0 Å². The predicted molar refractivity (Wildman–Crippen MR) is 138 cm³/mol. The van der Waals surface area contributed by atoms with Gasteiger partial charge in [0.15, 0.2) is 5.11 Å². The van der Waals surface area contributed by atoms with Gasteiger partial charge in [-0.05, 0) is 42.5 Å². The number of nitrogens with one attached hydrogen (secondary N) is 2. The van der Waals surface area contributed by atoms with Crippen LogP contribution in [0.1, 0.15) is 24.2 Å². The Balaban J connectivity index is 1.60. The number of methoxy groups -OCH3 is 2. The smallest absolute Gasteiger partial charge is 0.257 e. The van der Waals surface area contributed by atoms with Crippen molar-refractivity contribution in [1.29, 1.82) is 0 Å². The molecule has 1 saturated heterocycles. The normalized spacial score (nSPS) is 13.5. The molecule has 1 fully saturated rings. The molecule has 0 aromatic heterocycles. The minimum atomic E-state index is -0.397. The number of thiocarbonyl (C=S) groups is 1. The van der Waals surface area contributed by atoms with Gasteiger partial charge in [0.25, 0.3) is 5.91 Å². The zero-order valence-electron chi connectivity index (χ0n) is 19.7. The van der Waals surface area contributed by atoms with Crippen molar-refractivity contribution in [3.63, 3.8) is 0 Å². The van der Waals surface area contributed by atoms with E-state index in [4.69, 9.17) is 33.3 Å². The molecule has 2 amide bonds. The van der Waals surface area contributed by atoms with Crippen LogP contribution in [0.25, 0.3) is 0 Å². The fraction of sp³-hybridized carbons (Fsp3) is 0.375. The van der Waals surface area contributed by atoms with Crippen LogP contribution in [0.3, 0.4) is 0 Å². The van der Waals surface area contributed by atoms with Gasteiger partial charge in [-0.1, -0.05) is 25.4 Å². The Labute approximate surface area is 210 Å². The molecule has 0 unspecified atom stereocenters. The van der Waals surface area contributed by atoms with Crippen molar-refractivity contribution in [3.8, 4) is 11.5 Å². The first-order valence-corrected chi connectivity index (χ1v) is 11.7. The molecule has 2 N–H and O–H groups in total. The van der Waals surface area contributed by atoms with Crippen molar-refractivity contribution in [1.82, 2.24) is 10.2 Å². The summed E-state index contributed by atoms with van der Waals surface area (Å²) >= 11 is 11.8. The summed E-state index contributed by atoms with van der Waals surface area (Å²) in [6.07, 6.45) is 0. The van der Waals surface area contributed by atoms with Gasteiger partial charge in [0, 0.05) is 49.4 Å². The highest BCUT2D eigenvalue weighted by molar-refractivity contribution is 7.80. The number of hydrogen-bond donors (Lipinski definition) is 2. The predicted octanol–water partition coefficient (Wildman–Crippen LogP) is 3.79. The van der Waals surface area contributed by atoms with Crippen molar-refractivity contribution in [2.24, 2.45) is 5.92 Å². The number of carbonyl (C=O) groups excluding carboxylic acids is 2. The molecular formula is C24H29ClN4O4S. The highest BCUT2D eigenvalue weighted by Gasteiger charge is 2.24. The van der Waals surface area contributed by atoms with E-state index < -0.39 is 5.91 Å². The fourth-order valence-corrected chi connectivity index (χ4v) is 4.16. The third kappa shape index (κ3) is 6.30. The van der Waals surface area contributed by atoms with Gasteiger partial charge in [0.05, 0.1) is 24.9 Å². The Hall–Kier alpha value is -3.04. The van der Waals surface area contributed by atoms with E-state index >= 15 is 0 Å². The molecule has 1 aliphatic rings. The zero-order valence-corrected chi connectivity index (χ0v) is 21.3. The quantitative estimate of drug-likeness (QED) is 0.579. The number of piperazine rings is 1. The van der Waals surface area contributed by atoms with Gasteiger partial charge in [-0.2, -0.15) is 0 Å². The van der Waals surface area contributed by atoms with E-state index in [0.717, 1.165) is 5.69 Å². The van der Waals surface area contributed by atoms with Crippen LogP contribution < -0.4 is 25.0 Å². The van der Waals surface area contributed by atoms with E-state index in [1.807, 2.05) is 30.9 Å². The number of halogens is 1. The largest absolute Gasteiger partial charge is 0.497 e. The molecule has 0 spiro atoms. The summed E-state index contributed by atoms with van der Waals surface area (Å²) in [5, 5.41) is 6.33. The van der Waals surface area contributed by atoms with Gasteiger partial charge in [0.2, 0.25) is 5.91 Å². The Morgan fingerprint density at radius 2 is 1.62 bits per heavy atom. The molecule has 0 bridgehead atoms. The molecular weight excluding hydrogens is 476 g/mol. The Kier molecular flexibility index (Phi) is 8.57. The molecule has 34 heavy (non-hydrogen) atoms. The first-order valence-electron chi connectivity index (χ1n) is 10.9. The Morgan fingerprint density at radius 3 is 2.15 bits per heavy atom. The molecule has 2 aromatic rings. The second-order valence-corrected chi connectivity index (χ2v) is 8.96. The second kappa shape index (κ2) is 11.4. The number of amides is 2. The minimum absolute atomic E-state index is 0.00391. The minimum Gasteiger partial charge on any atom is -0.497 e. The maximum Gasteiger partial charge on any atom is 0.257 e. The summed E-state index contributed by atoms with van der Waals surface area (Å²) in [5.74, 6) is 0.774. The van der Waals surface area contributed by atoms with E-state index in [1.165, 1.54) is 14.2 Å². The van der Waals surface area contributed by atoms with Gasteiger partial charge in [-0.25, -0.2) is 0 Å². The van der Waals surface area contributed by atoms with E-state index in [1.54, 1.807) is 24.3 Å². The van der Waals surface area contributed by atoms with Crippen molar-refractivity contribution in [3.05, 3.63) is 47.0 Å². The lowest BCUT2D eigenvalue weighted by Gasteiger charge is -2.37. The molecule has 0 atom stereocenters. The summed E-state index contributed by atoms with van der Waals surface area (Å²) < 4.78 is 10.4. The number of hydrogen-bond acceptors (Lipinski definition) is 6. The number of benzene rings is 2. The van der Waals surface area contributed by atoms with Crippen LogP contribution in [0.15, 0.2) is 36.4 Å². The van der Waals surface area contributed by atoms with Gasteiger partial charge in [0.1, 0.15) is 11.5 Å². The van der Waals surface area contributed by atoms with Crippen LogP contribution in [0.2, 0.25) is 5.02 Å². The summed E-state index contributed by atoms with van der Waals surface area (Å²) in [4.78, 5) is 28.9. The van der Waals surface area contributed by atoms with Crippen LogP contribution in [-0.2, 0) is 4.79 Å². The van der Waals surface area contributed by atoms with Crippen LogP contribution in [0.5, 0.6) is 11.5 Å². The number of nitrogens with zero attached hydrogens (tertiary/aromatic N) is 2. The van der Waals surface area contributed by atoms with Gasteiger partial charge < -0.3 is 24.6 Å². The third-order valence-electron chi connectivity index (χ3n) is 5.47. The van der Waals surface area contributed by atoms with Crippen LogP contribution in [0.4, 0.5) is 11.4 Å². The number of ether oxygens (including phenoxy) is 2. The Morgan fingerprint density at radius 1 is 1.00 bits per heavy atom. The molecule has 182 valence electrons. The SMILES string of the molecule is COc1cc(OC)cc(C(=O)NC(=S)Nc2ccc(N3CCN(C(=O)C(C)C)CC3)c(Cl)c2)c1. The summed E-state index contributed by atoms with van der Waals surface area (Å²) in [6.45, 7) is 6.58. The van der Waals surface area contributed by atoms with Gasteiger partial charge in [-0.3, -0.25) is 14.9 Å². The van der Waals surface area contributed by atoms with Crippen molar-refractivity contribution in [2.75, 3.05) is 50.6 Å². The highest BCUT2D eigenvalue weighted by atomic mass is 35.5. The maximum absolute atomic E-state index is 12.6. The maximum atomic E-state index is 12.6. The van der Waals surface area contributed by atoms with Crippen molar-refractivity contribution >= 4 is 52.1 Å². The molecule has 1 heterocycles. The summed E-state index contributed by atoms with van der Waals surface area (Å²) in [7, 11) is 3.03.